The lowest BCUT2D eigenvalue weighted by molar-refractivity contribution is -0.137. The van der Waals surface area contributed by atoms with Gasteiger partial charge in [0.1, 0.15) is 11.9 Å². The molecule has 2 aromatic carbocycles. The number of hydrogen-bond donors (Lipinski definition) is 0. The second kappa shape index (κ2) is 7.79. The van der Waals surface area contributed by atoms with Crippen molar-refractivity contribution in [3.63, 3.8) is 0 Å². The fourth-order valence-electron chi connectivity index (χ4n) is 3.68. The first-order valence-corrected chi connectivity index (χ1v) is 8.82. The van der Waals surface area contributed by atoms with Crippen LogP contribution in [0.1, 0.15) is 30.0 Å². The van der Waals surface area contributed by atoms with Gasteiger partial charge in [-0.05, 0) is 56.6 Å². The second-order valence-corrected chi connectivity index (χ2v) is 6.94. The van der Waals surface area contributed by atoms with Crippen LogP contribution in [0.25, 0.3) is 0 Å². The molecule has 0 radical (unpaired) electrons. The predicted octanol–water partition coefficient (Wildman–Crippen LogP) is 3.66. The minimum atomic E-state index is -0.269. The van der Waals surface area contributed by atoms with Crippen molar-refractivity contribution in [3.05, 3.63) is 71.5 Å². The average molecular weight is 340 g/mol. The number of rotatable bonds is 5. The summed E-state index contributed by atoms with van der Waals surface area (Å²) in [6.45, 7) is 0.794. The number of likely N-dealkylation sites (N-methyl/N-ethyl adjacent to an activating group) is 1. The molecule has 1 saturated heterocycles. The maximum atomic E-state index is 13.3. The van der Waals surface area contributed by atoms with E-state index in [9.17, 15) is 9.18 Å². The standard InChI is InChI=1S/C21H25FN2O/c1-23(2)20(17-7-4-3-5-8-17)21(25)24-14-6-9-19(24)15-16-10-12-18(22)13-11-16/h3-5,7-8,10-13,19-20H,6,9,14-15H2,1-2H3. The smallest absolute Gasteiger partial charge is 0.244 e. The molecule has 3 rings (SSSR count). The largest absolute Gasteiger partial charge is 0.338 e. The van der Waals surface area contributed by atoms with Gasteiger partial charge in [0.25, 0.3) is 0 Å². The number of amides is 1. The Labute approximate surface area is 149 Å². The molecule has 0 saturated carbocycles. The topological polar surface area (TPSA) is 23.6 Å². The summed E-state index contributed by atoms with van der Waals surface area (Å²) in [4.78, 5) is 17.3. The molecule has 0 N–H and O–H groups in total. The number of benzene rings is 2. The molecule has 0 bridgehead atoms. The van der Waals surface area contributed by atoms with Crippen molar-refractivity contribution in [2.45, 2.75) is 31.3 Å². The molecule has 0 aliphatic carbocycles. The SMILES string of the molecule is CN(C)C(C(=O)N1CCCC1Cc1ccc(F)cc1)c1ccccc1. The van der Waals surface area contributed by atoms with Gasteiger partial charge in [0.15, 0.2) is 0 Å². The van der Waals surface area contributed by atoms with Crippen molar-refractivity contribution in [3.8, 4) is 0 Å². The van der Waals surface area contributed by atoms with E-state index in [0.29, 0.717) is 0 Å². The molecule has 1 aliphatic heterocycles. The van der Waals surface area contributed by atoms with E-state index in [4.69, 9.17) is 0 Å². The molecular formula is C21H25FN2O. The molecule has 1 fully saturated rings. The quantitative estimate of drug-likeness (QED) is 0.829. The highest BCUT2D eigenvalue weighted by atomic mass is 19.1. The molecule has 132 valence electrons. The zero-order chi connectivity index (χ0) is 17.8. The molecule has 25 heavy (non-hydrogen) atoms. The van der Waals surface area contributed by atoms with Crippen molar-refractivity contribution in [1.82, 2.24) is 9.80 Å². The first-order chi connectivity index (χ1) is 12.1. The van der Waals surface area contributed by atoms with Crippen LogP contribution in [0.2, 0.25) is 0 Å². The van der Waals surface area contributed by atoms with E-state index in [0.717, 1.165) is 36.9 Å². The molecule has 1 amide bonds. The van der Waals surface area contributed by atoms with Gasteiger partial charge in [-0.3, -0.25) is 9.69 Å². The van der Waals surface area contributed by atoms with Crippen molar-refractivity contribution >= 4 is 5.91 Å². The van der Waals surface area contributed by atoms with E-state index in [2.05, 4.69) is 0 Å². The fraction of sp³-hybridized carbons (Fsp3) is 0.381. The molecule has 0 aromatic heterocycles. The number of carbonyl (C=O) groups is 1. The van der Waals surface area contributed by atoms with Crippen LogP contribution in [0, 0.1) is 5.82 Å². The van der Waals surface area contributed by atoms with E-state index >= 15 is 0 Å². The number of halogens is 1. The van der Waals surface area contributed by atoms with Gasteiger partial charge in [-0.2, -0.15) is 0 Å². The van der Waals surface area contributed by atoms with Gasteiger partial charge >= 0.3 is 0 Å². The van der Waals surface area contributed by atoms with Gasteiger partial charge in [0, 0.05) is 12.6 Å². The monoisotopic (exact) mass is 340 g/mol. The first-order valence-electron chi connectivity index (χ1n) is 8.82. The predicted molar refractivity (Wildman–Crippen MR) is 97.7 cm³/mol. The molecular weight excluding hydrogens is 315 g/mol. The minimum absolute atomic E-state index is 0.154. The third-order valence-electron chi connectivity index (χ3n) is 4.91. The number of hydrogen-bond acceptors (Lipinski definition) is 2. The number of likely N-dealkylation sites (tertiary alicyclic amines) is 1. The summed E-state index contributed by atoms with van der Waals surface area (Å²) in [5, 5.41) is 0. The number of carbonyl (C=O) groups excluding carboxylic acids is 1. The van der Waals surface area contributed by atoms with E-state index in [1.54, 1.807) is 0 Å². The molecule has 1 aliphatic rings. The van der Waals surface area contributed by atoms with Crippen molar-refractivity contribution in [1.29, 1.82) is 0 Å². The van der Waals surface area contributed by atoms with Gasteiger partial charge in [-0.25, -0.2) is 4.39 Å². The Hall–Kier alpha value is -2.20. The summed E-state index contributed by atoms with van der Waals surface area (Å²) >= 11 is 0. The summed E-state index contributed by atoms with van der Waals surface area (Å²) in [6, 6.07) is 16.5. The zero-order valence-corrected chi connectivity index (χ0v) is 14.9. The molecule has 0 spiro atoms. The molecule has 2 aromatic rings. The van der Waals surface area contributed by atoms with Crippen molar-refractivity contribution in [2.75, 3.05) is 20.6 Å². The molecule has 1 heterocycles. The maximum absolute atomic E-state index is 13.3. The van der Waals surface area contributed by atoms with Crippen LogP contribution in [-0.2, 0) is 11.2 Å². The van der Waals surface area contributed by atoms with E-state index in [1.807, 2.05) is 66.4 Å². The van der Waals surface area contributed by atoms with Crippen molar-refractivity contribution in [2.24, 2.45) is 0 Å². The highest BCUT2D eigenvalue weighted by molar-refractivity contribution is 5.83. The van der Waals surface area contributed by atoms with Crippen LogP contribution in [0.3, 0.4) is 0 Å². The Balaban J connectivity index is 1.78. The lowest BCUT2D eigenvalue weighted by Crippen LogP contribution is -2.43. The summed E-state index contributed by atoms with van der Waals surface area (Å²) in [7, 11) is 3.89. The van der Waals surface area contributed by atoms with Crippen LogP contribution in [0.15, 0.2) is 54.6 Å². The van der Waals surface area contributed by atoms with Crippen LogP contribution >= 0.6 is 0 Å². The average Bonchev–Trinajstić information content (AvgIpc) is 3.06. The third kappa shape index (κ3) is 4.07. The summed E-state index contributed by atoms with van der Waals surface area (Å²) in [6.07, 6.45) is 2.80. The Morgan fingerprint density at radius 1 is 1.16 bits per heavy atom. The first kappa shape index (κ1) is 17.6. The summed E-state index contributed by atoms with van der Waals surface area (Å²) in [5.74, 6) is -0.0688. The maximum Gasteiger partial charge on any atom is 0.244 e. The van der Waals surface area contributed by atoms with E-state index < -0.39 is 0 Å². The van der Waals surface area contributed by atoms with Crippen LogP contribution in [0.4, 0.5) is 4.39 Å². The Morgan fingerprint density at radius 2 is 1.84 bits per heavy atom. The minimum Gasteiger partial charge on any atom is -0.338 e. The second-order valence-electron chi connectivity index (χ2n) is 6.94. The fourth-order valence-corrected chi connectivity index (χ4v) is 3.68. The van der Waals surface area contributed by atoms with Gasteiger partial charge < -0.3 is 4.90 Å². The number of nitrogens with zero attached hydrogens (tertiary/aromatic N) is 2. The van der Waals surface area contributed by atoms with E-state index in [-0.39, 0.29) is 23.8 Å². The molecule has 2 unspecified atom stereocenters. The Kier molecular flexibility index (Phi) is 5.49. The van der Waals surface area contributed by atoms with Gasteiger partial charge in [-0.15, -0.1) is 0 Å². The third-order valence-corrected chi connectivity index (χ3v) is 4.91. The molecule has 4 heteroatoms. The summed E-state index contributed by atoms with van der Waals surface area (Å²) < 4.78 is 13.1. The van der Waals surface area contributed by atoms with Crippen LogP contribution in [0.5, 0.6) is 0 Å². The molecule has 2 atom stereocenters. The van der Waals surface area contributed by atoms with Gasteiger partial charge in [0.2, 0.25) is 5.91 Å². The lowest BCUT2D eigenvalue weighted by atomic mass is 10.0. The van der Waals surface area contributed by atoms with Crippen LogP contribution in [-0.4, -0.2) is 42.4 Å². The zero-order valence-electron chi connectivity index (χ0n) is 14.9. The molecule has 3 nitrogen and oxygen atoms in total. The van der Waals surface area contributed by atoms with Crippen molar-refractivity contribution < 1.29 is 9.18 Å². The Bertz CT molecular complexity index is 700. The highest BCUT2D eigenvalue weighted by Crippen LogP contribution is 2.28. The van der Waals surface area contributed by atoms with Crippen LogP contribution < -0.4 is 0 Å². The normalized spacial score (nSPS) is 18.6. The van der Waals surface area contributed by atoms with E-state index in [1.165, 1.54) is 12.1 Å². The Morgan fingerprint density at radius 3 is 2.48 bits per heavy atom. The van der Waals surface area contributed by atoms with Gasteiger partial charge in [0.05, 0.1) is 0 Å². The lowest BCUT2D eigenvalue weighted by Gasteiger charge is -2.32. The van der Waals surface area contributed by atoms with Gasteiger partial charge in [-0.1, -0.05) is 42.5 Å². The highest BCUT2D eigenvalue weighted by Gasteiger charge is 2.34. The summed E-state index contributed by atoms with van der Waals surface area (Å²) in [5.41, 5.74) is 2.09.